The van der Waals surface area contributed by atoms with Gasteiger partial charge in [0.2, 0.25) is 0 Å². The fourth-order valence-corrected chi connectivity index (χ4v) is 5.53. The minimum atomic E-state index is -0.652. The Morgan fingerprint density at radius 3 is 2.21 bits per heavy atom. The van der Waals surface area contributed by atoms with Gasteiger partial charge in [-0.25, -0.2) is 18.9 Å². The van der Waals surface area contributed by atoms with Gasteiger partial charge < -0.3 is 31.5 Å². The molecule has 2 aliphatic carbocycles. The fourth-order valence-electron chi connectivity index (χ4n) is 5.53. The number of aromatic nitrogens is 5. The summed E-state index contributed by atoms with van der Waals surface area (Å²) in [6, 6.07) is 9.19. The van der Waals surface area contributed by atoms with E-state index in [1.54, 1.807) is 0 Å². The van der Waals surface area contributed by atoms with Crippen molar-refractivity contribution >= 4 is 40.4 Å². The lowest BCUT2D eigenvalue weighted by Gasteiger charge is -2.27. The van der Waals surface area contributed by atoms with Gasteiger partial charge >= 0.3 is 0 Å². The van der Waals surface area contributed by atoms with Crippen LogP contribution in [0.5, 0.6) is 0 Å². The number of hydrogen-bond donors (Lipinski definition) is 6. The number of rotatable bonds is 8. The van der Waals surface area contributed by atoms with Gasteiger partial charge in [-0.05, 0) is 69.6 Å². The van der Waals surface area contributed by atoms with Crippen LogP contribution in [0.25, 0.3) is 5.65 Å². The van der Waals surface area contributed by atoms with E-state index in [0.717, 1.165) is 44.7 Å². The minimum absolute atomic E-state index is 0.000619. The standard InChI is InChI=1S/C29H34FN9O3/c30-21-15-31-13-12-22(21)36-29(42)24-16-32-28-23(14-27(38-39(24)28)34-18-6-10-20(41)11-7-18)35-26-3-1-2-25(37-26)33-17-4-8-19(40)9-5-17/h1-3,12-20,40-41H,4-11H2,(H,34,38)(H,31,36,42)(H2,33,35,37). The number of nitrogens with one attached hydrogen (secondary N) is 4. The first-order valence-corrected chi connectivity index (χ1v) is 14.3. The molecule has 0 unspecified atom stereocenters. The van der Waals surface area contributed by atoms with Crippen molar-refractivity contribution in [1.29, 1.82) is 0 Å². The predicted molar refractivity (Wildman–Crippen MR) is 156 cm³/mol. The molecule has 2 saturated carbocycles. The predicted octanol–water partition coefficient (Wildman–Crippen LogP) is 4.09. The van der Waals surface area contributed by atoms with Crippen molar-refractivity contribution in [1.82, 2.24) is 24.6 Å². The van der Waals surface area contributed by atoms with Crippen LogP contribution in [-0.4, -0.2) is 65.0 Å². The number of nitrogens with zero attached hydrogens (tertiary/aromatic N) is 5. The van der Waals surface area contributed by atoms with E-state index in [1.807, 2.05) is 24.3 Å². The lowest BCUT2D eigenvalue weighted by atomic mass is 9.93. The van der Waals surface area contributed by atoms with Crippen molar-refractivity contribution in [2.75, 3.05) is 21.3 Å². The van der Waals surface area contributed by atoms with Crippen molar-refractivity contribution in [3.05, 3.63) is 60.4 Å². The van der Waals surface area contributed by atoms with Crippen LogP contribution < -0.4 is 21.3 Å². The summed E-state index contributed by atoms with van der Waals surface area (Å²) >= 11 is 0. The Balaban J connectivity index is 1.29. The number of aliphatic hydroxyl groups excluding tert-OH is 2. The van der Waals surface area contributed by atoms with Crippen molar-refractivity contribution in [3.63, 3.8) is 0 Å². The second-order valence-corrected chi connectivity index (χ2v) is 11.0. The third kappa shape index (κ3) is 6.42. The molecule has 0 bridgehead atoms. The highest BCUT2D eigenvalue weighted by Crippen LogP contribution is 2.28. The van der Waals surface area contributed by atoms with E-state index < -0.39 is 11.7 Å². The van der Waals surface area contributed by atoms with Gasteiger partial charge in [0, 0.05) is 24.3 Å². The van der Waals surface area contributed by atoms with Gasteiger partial charge in [0.1, 0.15) is 17.5 Å². The molecule has 2 aliphatic rings. The molecule has 0 radical (unpaired) electrons. The Morgan fingerprint density at radius 1 is 0.857 bits per heavy atom. The molecule has 0 aliphatic heterocycles. The third-order valence-electron chi connectivity index (χ3n) is 7.83. The topological polar surface area (TPSA) is 162 Å². The Labute approximate surface area is 241 Å². The number of aliphatic hydroxyl groups is 2. The van der Waals surface area contributed by atoms with Crippen LogP contribution in [0.15, 0.2) is 48.9 Å². The van der Waals surface area contributed by atoms with E-state index in [9.17, 15) is 19.4 Å². The van der Waals surface area contributed by atoms with Crippen molar-refractivity contribution in [2.24, 2.45) is 0 Å². The van der Waals surface area contributed by atoms with Crippen LogP contribution in [0.3, 0.4) is 0 Å². The number of carbonyl (C=O) groups is 1. The molecule has 0 atom stereocenters. The van der Waals surface area contributed by atoms with Gasteiger partial charge in [0.25, 0.3) is 5.91 Å². The number of amides is 1. The number of pyridine rings is 2. The zero-order valence-corrected chi connectivity index (χ0v) is 23.0. The van der Waals surface area contributed by atoms with Crippen LogP contribution in [-0.2, 0) is 0 Å². The maximum Gasteiger partial charge on any atom is 0.276 e. The van der Waals surface area contributed by atoms with Crippen LogP contribution in [0.2, 0.25) is 0 Å². The first kappa shape index (κ1) is 27.8. The highest BCUT2D eigenvalue weighted by molar-refractivity contribution is 6.03. The summed E-state index contributed by atoms with van der Waals surface area (Å²) in [4.78, 5) is 26.1. The summed E-state index contributed by atoms with van der Waals surface area (Å²) in [5, 5.41) is 37.2. The number of anilines is 5. The van der Waals surface area contributed by atoms with Crippen molar-refractivity contribution in [2.45, 2.75) is 75.7 Å². The molecular weight excluding hydrogens is 541 g/mol. The lowest BCUT2D eigenvalue weighted by Crippen LogP contribution is -2.29. The first-order chi connectivity index (χ1) is 20.4. The second kappa shape index (κ2) is 12.2. The van der Waals surface area contributed by atoms with Crippen LogP contribution in [0.4, 0.5) is 33.2 Å². The molecule has 42 heavy (non-hydrogen) atoms. The highest BCUT2D eigenvalue weighted by Gasteiger charge is 2.23. The van der Waals surface area contributed by atoms with Gasteiger partial charge in [-0.15, -0.1) is 5.10 Å². The number of imidazole rings is 1. The van der Waals surface area contributed by atoms with Crippen LogP contribution >= 0.6 is 0 Å². The molecule has 1 amide bonds. The van der Waals surface area contributed by atoms with E-state index >= 15 is 0 Å². The van der Waals surface area contributed by atoms with Gasteiger partial charge in [-0.3, -0.25) is 9.78 Å². The molecule has 6 rings (SSSR count). The fraction of sp³-hybridized carbons (Fsp3) is 0.414. The number of fused-ring (bicyclic) bond motifs is 1. The van der Waals surface area contributed by atoms with Crippen LogP contribution in [0.1, 0.15) is 61.9 Å². The second-order valence-electron chi connectivity index (χ2n) is 11.0. The Kier molecular flexibility index (Phi) is 8.11. The quantitative estimate of drug-likeness (QED) is 0.181. The number of hydrogen-bond acceptors (Lipinski definition) is 10. The molecule has 12 nitrogen and oxygen atoms in total. The average Bonchev–Trinajstić information content (AvgIpc) is 3.41. The molecule has 13 heteroatoms. The molecular formula is C29H34FN9O3. The average molecular weight is 576 g/mol. The number of halogens is 1. The number of carbonyl (C=O) groups excluding carboxylic acids is 1. The van der Waals surface area contributed by atoms with Gasteiger partial charge in [0.15, 0.2) is 17.2 Å². The zero-order chi connectivity index (χ0) is 29.1. The van der Waals surface area contributed by atoms with Gasteiger partial charge in [-0.2, -0.15) is 0 Å². The maximum atomic E-state index is 14.2. The molecule has 4 aromatic heterocycles. The summed E-state index contributed by atoms with van der Waals surface area (Å²) in [7, 11) is 0. The minimum Gasteiger partial charge on any atom is -0.393 e. The molecule has 6 N–H and O–H groups in total. The lowest BCUT2D eigenvalue weighted by molar-refractivity contribution is 0.101. The Bertz CT molecular complexity index is 1550. The molecule has 220 valence electrons. The summed E-state index contributed by atoms with van der Waals surface area (Å²) in [5.41, 5.74) is 1.08. The SMILES string of the molecule is O=C(Nc1ccncc1F)c1cnc2c(Nc3cccc(NC4CCC(O)CC4)n3)cc(NC3CCC(O)CC3)nn12. The molecule has 2 fully saturated rings. The smallest absolute Gasteiger partial charge is 0.276 e. The van der Waals surface area contributed by atoms with Gasteiger partial charge in [-0.1, -0.05) is 6.07 Å². The molecule has 0 aromatic carbocycles. The Hall–Kier alpha value is -4.36. The summed E-state index contributed by atoms with van der Waals surface area (Å²) in [6.45, 7) is 0. The van der Waals surface area contributed by atoms with E-state index in [0.29, 0.717) is 41.6 Å². The van der Waals surface area contributed by atoms with Crippen molar-refractivity contribution in [3.8, 4) is 0 Å². The van der Waals surface area contributed by atoms with E-state index in [4.69, 9.17) is 4.98 Å². The summed E-state index contributed by atoms with van der Waals surface area (Å²) < 4.78 is 15.6. The largest absolute Gasteiger partial charge is 0.393 e. The Morgan fingerprint density at radius 2 is 1.52 bits per heavy atom. The van der Waals surface area contributed by atoms with Crippen molar-refractivity contribution < 1.29 is 19.4 Å². The molecule has 4 heterocycles. The van der Waals surface area contributed by atoms with E-state index in [1.165, 1.54) is 23.0 Å². The van der Waals surface area contributed by atoms with Crippen LogP contribution in [0, 0.1) is 5.82 Å². The third-order valence-corrected chi connectivity index (χ3v) is 7.83. The molecule has 0 saturated heterocycles. The van der Waals surface area contributed by atoms with E-state index in [2.05, 4.69) is 36.3 Å². The monoisotopic (exact) mass is 575 g/mol. The normalized spacial score (nSPS) is 22.5. The van der Waals surface area contributed by atoms with Gasteiger partial charge in [0.05, 0.1) is 36.0 Å². The maximum absolute atomic E-state index is 14.2. The highest BCUT2D eigenvalue weighted by atomic mass is 19.1. The summed E-state index contributed by atoms with van der Waals surface area (Å²) in [5.74, 6) is 0.576. The summed E-state index contributed by atoms with van der Waals surface area (Å²) in [6.07, 6.45) is 9.55. The zero-order valence-electron chi connectivity index (χ0n) is 23.0. The molecule has 0 spiro atoms. The molecule has 4 aromatic rings. The first-order valence-electron chi connectivity index (χ1n) is 14.3. The van der Waals surface area contributed by atoms with E-state index in [-0.39, 0.29) is 35.7 Å².